The first-order valence-corrected chi connectivity index (χ1v) is 22.1. The lowest BCUT2D eigenvalue weighted by Gasteiger charge is -2.30. The van der Waals surface area contributed by atoms with Gasteiger partial charge in [0.05, 0.1) is 40.3 Å². The summed E-state index contributed by atoms with van der Waals surface area (Å²) in [5.74, 6) is -0.598. The van der Waals surface area contributed by atoms with Gasteiger partial charge in [-0.25, -0.2) is 31.9 Å². The van der Waals surface area contributed by atoms with E-state index in [9.17, 15) is 41.7 Å². The van der Waals surface area contributed by atoms with E-state index in [1.54, 1.807) is 37.8 Å². The fourth-order valence-electron chi connectivity index (χ4n) is 5.91. The average Bonchev–Trinajstić information content (AvgIpc) is 3.66. The summed E-state index contributed by atoms with van der Waals surface area (Å²) in [6.07, 6.45) is 1.06. The molecule has 6 rings (SSSR count). The first-order valence-electron chi connectivity index (χ1n) is 17.4. The normalized spacial score (nSPS) is 13.8. The van der Waals surface area contributed by atoms with Crippen LogP contribution in [0.5, 0.6) is 0 Å². The van der Waals surface area contributed by atoms with E-state index in [0.29, 0.717) is 51.8 Å². The van der Waals surface area contributed by atoms with E-state index in [4.69, 9.17) is 15.0 Å². The number of nitrogens with one attached hydrogen (secondary N) is 3. The number of nitrogens with zero attached hydrogens (tertiary/aromatic N) is 3. The van der Waals surface area contributed by atoms with Crippen LogP contribution >= 0.6 is 22.7 Å². The van der Waals surface area contributed by atoms with E-state index in [-0.39, 0.29) is 41.0 Å². The van der Waals surface area contributed by atoms with Crippen LogP contribution in [-0.2, 0) is 73.1 Å². The number of thiophene rings is 2. The lowest BCUT2D eigenvalue weighted by molar-refractivity contribution is -0.116. The van der Waals surface area contributed by atoms with Gasteiger partial charge in [-0.15, -0.1) is 22.7 Å². The number of amides is 3. The maximum absolute atomic E-state index is 12.5. The molecule has 0 atom stereocenters. The highest BCUT2D eigenvalue weighted by Crippen LogP contribution is 2.37. The number of carbonyl (C=O) groups excluding carboxylic acids is 3. The average molecular weight is 853 g/mol. The lowest BCUT2D eigenvalue weighted by Crippen LogP contribution is -2.39. The number of nitriles is 2. The predicted molar refractivity (Wildman–Crippen MR) is 214 cm³/mol. The van der Waals surface area contributed by atoms with E-state index in [0.717, 1.165) is 33.8 Å². The minimum Gasteiger partial charge on any atom is -0.444 e. The molecule has 4 aromatic rings. The number of hydrogen-bond donors (Lipinski definition) is 5. The van der Waals surface area contributed by atoms with Crippen molar-refractivity contribution in [3.05, 3.63) is 91.7 Å². The fraction of sp³-hybridized carbons (Fsp3) is 0.324. The maximum atomic E-state index is 12.5. The highest BCUT2D eigenvalue weighted by atomic mass is 32.2. The van der Waals surface area contributed by atoms with Gasteiger partial charge >= 0.3 is 6.09 Å². The summed E-state index contributed by atoms with van der Waals surface area (Å²) in [5, 5.41) is 39.0. The number of primary sulfonamides is 2. The second-order valence-electron chi connectivity index (χ2n) is 14.0. The van der Waals surface area contributed by atoms with Crippen LogP contribution in [-0.4, -0.2) is 58.3 Å². The third kappa shape index (κ3) is 11.2. The Kier molecular flexibility index (Phi) is 13.2. The van der Waals surface area contributed by atoms with Gasteiger partial charge in [-0.1, -0.05) is 24.3 Å². The smallest absolute Gasteiger partial charge is 0.410 e. The van der Waals surface area contributed by atoms with E-state index in [1.165, 1.54) is 59.1 Å². The Hall–Kier alpha value is -5.19. The quantitative estimate of drug-likeness (QED) is 0.170. The summed E-state index contributed by atoms with van der Waals surface area (Å²) < 4.78 is 50.6. The van der Waals surface area contributed by atoms with Gasteiger partial charge in [0, 0.05) is 41.4 Å². The van der Waals surface area contributed by atoms with Crippen molar-refractivity contribution in [1.29, 1.82) is 10.5 Å². The molecule has 0 bridgehead atoms. The number of hydrogen-bond acceptors (Lipinski definition) is 13. The Bertz CT molecular complexity index is 2490. The zero-order valence-electron chi connectivity index (χ0n) is 31.2. The fourth-order valence-corrected chi connectivity index (χ4v) is 9.29. The number of fused-ring (bicyclic) bond motifs is 2. The van der Waals surface area contributed by atoms with Crippen molar-refractivity contribution < 1.29 is 36.0 Å². The van der Waals surface area contributed by atoms with E-state index >= 15 is 0 Å². The molecule has 57 heavy (non-hydrogen) atoms. The molecule has 2 aliphatic rings. The molecule has 0 fully saturated rings. The van der Waals surface area contributed by atoms with Crippen molar-refractivity contribution >= 4 is 70.6 Å². The molecule has 4 heterocycles. The molecule has 0 spiro atoms. The molecule has 0 aliphatic carbocycles. The predicted octanol–water partition coefficient (Wildman–Crippen LogP) is 3.84. The van der Waals surface area contributed by atoms with Crippen LogP contribution in [0.15, 0.2) is 58.3 Å². The van der Waals surface area contributed by atoms with Gasteiger partial charge < -0.3 is 25.6 Å². The second kappa shape index (κ2) is 17.5. The van der Waals surface area contributed by atoms with Gasteiger partial charge in [-0.2, -0.15) is 10.5 Å². The first-order chi connectivity index (χ1) is 26.7. The van der Waals surface area contributed by atoms with Crippen molar-refractivity contribution in [2.75, 3.05) is 23.7 Å². The summed E-state index contributed by atoms with van der Waals surface area (Å²) >= 11 is 2.77. The number of sulfonamides is 2. The summed E-state index contributed by atoms with van der Waals surface area (Å²) in [6.45, 7) is 7.60. The molecule has 3 amide bonds. The van der Waals surface area contributed by atoms with Crippen molar-refractivity contribution in [2.24, 2.45) is 10.3 Å². The van der Waals surface area contributed by atoms with E-state index < -0.39 is 31.7 Å². The summed E-state index contributed by atoms with van der Waals surface area (Å²) in [4.78, 5) is 40.8. The molecule has 16 nitrogen and oxygen atoms in total. The number of carbonyl (C=O) groups is 3. The Morgan fingerprint density at radius 1 is 0.789 bits per heavy atom. The van der Waals surface area contributed by atoms with Gasteiger partial charge in [-0.3, -0.25) is 9.59 Å². The zero-order chi connectivity index (χ0) is 41.7. The summed E-state index contributed by atoms with van der Waals surface area (Å²) in [7, 11) is -7.55. The third-order valence-electron chi connectivity index (χ3n) is 8.58. The van der Waals surface area contributed by atoms with Gasteiger partial charge in [-0.05, 0) is 68.1 Å². The second-order valence-corrected chi connectivity index (χ2v) is 19.4. The minimum absolute atomic E-state index is 0.00172. The zero-order valence-corrected chi connectivity index (χ0v) is 34.4. The molecule has 20 heteroatoms. The number of rotatable bonds is 8. The van der Waals surface area contributed by atoms with Crippen LogP contribution in [0.1, 0.15) is 63.9 Å². The maximum Gasteiger partial charge on any atom is 0.410 e. The number of anilines is 2. The Morgan fingerprint density at radius 2 is 1.25 bits per heavy atom. The van der Waals surface area contributed by atoms with Gasteiger partial charge in [0.1, 0.15) is 27.7 Å². The molecule has 0 unspecified atom stereocenters. The van der Waals surface area contributed by atoms with Crippen LogP contribution in [0.25, 0.3) is 0 Å². The molecule has 300 valence electrons. The minimum atomic E-state index is -3.80. The first kappa shape index (κ1) is 42.9. The summed E-state index contributed by atoms with van der Waals surface area (Å²) in [6, 6.07) is 15.9. The van der Waals surface area contributed by atoms with Crippen LogP contribution < -0.4 is 26.2 Å². The molecule has 2 aliphatic heterocycles. The molecule has 0 saturated carbocycles. The van der Waals surface area contributed by atoms with E-state index in [2.05, 4.69) is 28.1 Å². The van der Waals surface area contributed by atoms with Crippen molar-refractivity contribution in [3.63, 3.8) is 0 Å². The standard InChI is InChI=1S/C21H24N4O5S2.C16H16N4O3S2/c1-21(2,3)30-20(27)25-9-8-17-16(12-25)15(11-22)19(31-17)24-18(26)10-13-4-6-14(7-5-13)32(23,28)29;17-8-12-13-9-19-6-5-14(13)24-16(12)20-15(21)7-10-1-3-11(4-2-10)25(18,22)23/h4-7H,8-10,12H2,1-3H3,(H,24,26)(H2,23,28,29);1-4,19H,5-7,9H2,(H,20,21)(H2,18,22,23). The van der Waals surface area contributed by atoms with Crippen molar-refractivity contribution in [2.45, 2.75) is 74.9 Å². The highest BCUT2D eigenvalue weighted by Gasteiger charge is 2.30. The summed E-state index contributed by atoms with van der Waals surface area (Å²) in [5.41, 5.74) is 3.20. The van der Waals surface area contributed by atoms with Crippen molar-refractivity contribution in [1.82, 2.24) is 10.2 Å². The Balaban J connectivity index is 0.000000224. The Labute approximate surface area is 338 Å². The van der Waals surface area contributed by atoms with Crippen LogP contribution in [0.2, 0.25) is 0 Å². The molecular formula is C37H40N8O8S4. The topological polar surface area (TPSA) is 268 Å². The third-order valence-corrected chi connectivity index (χ3v) is 12.9. The molecule has 0 saturated heterocycles. The van der Waals surface area contributed by atoms with Gasteiger partial charge in [0.2, 0.25) is 31.9 Å². The number of benzene rings is 2. The lowest BCUT2D eigenvalue weighted by atomic mass is 10.1. The Morgan fingerprint density at radius 3 is 1.68 bits per heavy atom. The van der Waals surface area contributed by atoms with Gasteiger partial charge in [0.15, 0.2) is 0 Å². The van der Waals surface area contributed by atoms with Crippen LogP contribution in [0.3, 0.4) is 0 Å². The number of ether oxygens (including phenoxy) is 1. The van der Waals surface area contributed by atoms with Gasteiger partial charge in [0.25, 0.3) is 0 Å². The van der Waals surface area contributed by atoms with E-state index in [1.807, 2.05) is 0 Å². The molecule has 2 aromatic carbocycles. The van der Waals surface area contributed by atoms with Crippen LogP contribution in [0.4, 0.5) is 14.8 Å². The monoisotopic (exact) mass is 852 g/mol. The van der Waals surface area contributed by atoms with Crippen molar-refractivity contribution in [3.8, 4) is 12.1 Å². The molecule has 0 radical (unpaired) electrons. The highest BCUT2D eigenvalue weighted by molar-refractivity contribution is 7.89. The SMILES string of the molecule is CC(C)(C)OC(=O)N1CCc2sc(NC(=O)Cc3ccc(S(N)(=O)=O)cc3)c(C#N)c2C1.N#Cc1c(NC(=O)Cc2ccc(S(N)(=O)=O)cc2)sc2c1CNCC2. The molecule has 7 N–H and O–H groups in total. The molecular weight excluding hydrogens is 813 g/mol. The largest absolute Gasteiger partial charge is 0.444 e. The number of nitrogens with two attached hydrogens (primary N) is 2. The van der Waals surface area contributed by atoms with Crippen LogP contribution in [0, 0.1) is 22.7 Å². The molecule has 2 aromatic heterocycles.